The summed E-state index contributed by atoms with van der Waals surface area (Å²) in [5, 5.41) is 6.74. The van der Waals surface area contributed by atoms with E-state index >= 15 is 0 Å². The summed E-state index contributed by atoms with van der Waals surface area (Å²) in [5.74, 6) is 1.53. The minimum atomic E-state index is -0.0759. The molecule has 0 atom stereocenters. The van der Waals surface area contributed by atoms with Gasteiger partial charge in [-0.15, -0.1) is 0 Å². The van der Waals surface area contributed by atoms with Gasteiger partial charge in [-0.1, -0.05) is 30.9 Å². The summed E-state index contributed by atoms with van der Waals surface area (Å²) in [6, 6.07) is 7.10. The summed E-state index contributed by atoms with van der Waals surface area (Å²) < 4.78 is 10.6. The van der Waals surface area contributed by atoms with E-state index < -0.39 is 0 Å². The second kappa shape index (κ2) is 8.95. The van der Waals surface area contributed by atoms with Crippen molar-refractivity contribution in [2.75, 3.05) is 19.5 Å². The Hall–Kier alpha value is -2.47. The van der Waals surface area contributed by atoms with Crippen LogP contribution in [0, 0.1) is 0 Å². The van der Waals surface area contributed by atoms with Gasteiger partial charge in [0, 0.05) is 29.9 Å². The van der Waals surface area contributed by atoms with E-state index in [9.17, 15) is 4.79 Å². The molecule has 7 heteroatoms. The number of nitrogens with one attached hydrogen (secondary N) is 2. The summed E-state index contributed by atoms with van der Waals surface area (Å²) >= 11 is 6.14. The van der Waals surface area contributed by atoms with Gasteiger partial charge in [-0.05, 0) is 25.0 Å². The van der Waals surface area contributed by atoms with Crippen LogP contribution in [0.25, 0.3) is 0 Å². The standard InChI is InChI=1S/C20H24ClN3O3/c1-26-17-12-16(18(27-2)11-15(17)21)24-19-10-13(8-9-22-19)20(25)23-14-6-4-3-5-7-14/h8-12,14H,3-7H2,1-2H3,(H,22,24)(H,23,25). The lowest BCUT2D eigenvalue weighted by atomic mass is 9.95. The maximum Gasteiger partial charge on any atom is 0.251 e. The van der Waals surface area contributed by atoms with E-state index in [1.54, 1.807) is 44.7 Å². The number of benzene rings is 1. The number of aromatic nitrogens is 1. The van der Waals surface area contributed by atoms with E-state index in [1.807, 2.05) is 0 Å². The van der Waals surface area contributed by atoms with Gasteiger partial charge in [-0.2, -0.15) is 0 Å². The molecule has 27 heavy (non-hydrogen) atoms. The molecular formula is C20H24ClN3O3. The van der Waals surface area contributed by atoms with Crippen molar-refractivity contribution in [3.63, 3.8) is 0 Å². The largest absolute Gasteiger partial charge is 0.495 e. The molecule has 1 saturated carbocycles. The molecule has 1 aliphatic carbocycles. The maximum absolute atomic E-state index is 12.6. The minimum Gasteiger partial charge on any atom is -0.495 e. The van der Waals surface area contributed by atoms with Crippen LogP contribution in [0.5, 0.6) is 11.5 Å². The van der Waals surface area contributed by atoms with Gasteiger partial charge < -0.3 is 20.1 Å². The number of pyridine rings is 1. The van der Waals surface area contributed by atoms with Gasteiger partial charge in [-0.3, -0.25) is 4.79 Å². The highest BCUT2D eigenvalue weighted by Gasteiger charge is 2.17. The first kappa shape index (κ1) is 19.3. The van der Waals surface area contributed by atoms with Crippen LogP contribution in [0.2, 0.25) is 5.02 Å². The van der Waals surface area contributed by atoms with E-state index in [1.165, 1.54) is 19.3 Å². The van der Waals surface area contributed by atoms with Crippen molar-refractivity contribution in [3.8, 4) is 11.5 Å². The van der Waals surface area contributed by atoms with Gasteiger partial charge in [0.25, 0.3) is 5.91 Å². The van der Waals surface area contributed by atoms with Crippen LogP contribution < -0.4 is 20.1 Å². The Morgan fingerprint density at radius 2 is 1.85 bits per heavy atom. The molecule has 2 N–H and O–H groups in total. The SMILES string of the molecule is COc1cc(Nc2cc(C(=O)NC3CCCCC3)ccn2)c(OC)cc1Cl. The first-order chi connectivity index (χ1) is 13.1. The number of amides is 1. The van der Waals surface area contributed by atoms with Crippen molar-refractivity contribution in [1.29, 1.82) is 0 Å². The maximum atomic E-state index is 12.6. The number of rotatable bonds is 6. The van der Waals surface area contributed by atoms with E-state index in [0.717, 1.165) is 12.8 Å². The molecule has 144 valence electrons. The molecule has 1 aromatic carbocycles. The zero-order valence-electron chi connectivity index (χ0n) is 15.5. The summed E-state index contributed by atoms with van der Waals surface area (Å²) in [5.41, 5.74) is 1.22. The third kappa shape index (κ3) is 4.83. The summed E-state index contributed by atoms with van der Waals surface area (Å²) in [7, 11) is 3.11. The highest BCUT2D eigenvalue weighted by Crippen LogP contribution is 2.37. The predicted octanol–water partition coefficient (Wildman–Crippen LogP) is 4.56. The average molecular weight is 390 g/mol. The number of nitrogens with zero attached hydrogens (tertiary/aromatic N) is 1. The molecule has 0 radical (unpaired) electrons. The molecule has 3 rings (SSSR count). The van der Waals surface area contributed by atoms with Crippen molar-refractivity contribution < 1.29 is 14.3 Å². The molecule has 0 aliphatic heterocycles. The quantitative estimate of drug-likeness (QED) is 0.757. The van der Waals surface area contributed by atoms with Crippen LogP contribution >= 0.6 is 11.6 Å². The fourth-order valence-corrected chi connectivity index (χ4v) is 3.48. The third-order valence-corrected chi connectivity index (χ3v) is 4.99. The van der Waals surface area contributed by atoms with Crippen LogP contribution in [0.1, 0.15) is 42.5 Å². The summed E-state index contributed by atoms with van der Waals surface area (Å²) in [4.78, 5) is 16.9. The second-order valence-electron chi connectivity index (χ2n) is 6.55. The first-order valence-corrected chi connectivity index (χ1v) is 9.44. The van der Waals surface area contributed by atoms with E-state index in [2.05, 4.69) is 15.6 Å². The Balaban J connectivity index is 1.76. The number of hydrogen-bond acceptors (Lipinski definition) is 5. The smallest absolute Gasteiger partial charge is 0.251 e. The van der Waals surface area contributed by atoms with Crippen molar-refractivity contribution >= 4 is 29.0 Å². The van der Waals surface area contributed by atoms with E-state index in [4.69, 9.17) is 21.1 Å². The highest BCUT2D eigenvalue weighted by molar-refractivity contribution is 6.32. The molecule has 0 saturated heterocycles. The minimum absolute atomic E-state index is 0.0759. The lowest BCUT2D eigenvalue weighted by Gasteiger charge is -2.22. The molecule has 0 bridgehead atoms. The van der Waals surface area contributed by atoms with Crippen molar-refractivity contribution in [2.24, 2.45) is 0 Å². The Morgan fingerprint density at radius 1 is 1.11 bits per heavy atom. The normalized spacial score (nSPS) is 14.5. The van der Waals surface area contributed by atoms with Gasteiger partial charge in [-0.25, -0.2) is 4.98 Å². The van der Waals surface area contributed by atoms with Gasteiger partial charge in [0.1, 0.15) is 17.3 Å². The third-order valence-electron chi connectivity index (χ3n) is 4.70. The van der Waals surface area contributed by atoms with Gasteiger partial charge >= 0.3 is 0 Å². The van der Waals surface area contributed by atoms with Gasteiger partial charge in [0.05, 0.1) is 24.9 Å². The molecule has 1 amide bonds. The van der Waals surface area contributed by atoms with Crippen LogP contribution in [-0.2, 0) is 0 Å². The Bertz CT molecular complexity index is 807. The predicted molar refractivity (Wildman–Crippen MR) is 106 cm³/mol. The molecule has 0 unspecified atom stereocenters. The number of methoxy groups -OCH3 is 2. The zero-order valence-corrected chi connectivity index (χ0v) is 16.3. The van der Waals surface area contributed by atoms with Gasteiger partial charge in [0.2, 0.25) is 0 Å². The monoisotopic (exact) mass is 389 g/mol. The number of carbonyl (C=O) groups excluding carboxylic acids is 1. The molecule has 1 aliphatic rings. The van der Waals surface area contributed by atoms with Crippen molar-refractivity contribution in [1.82, 2.24) is 10.3 Å². The summed E-state index contributed by atoms with van der Waals surface area (Å²) in [6.45, 7) is 0. The number of carbonyl (C=O) groups is 1. The summed E-state index contributed by atoms with van der Waals surface area (Å²) in [6.07, 6.45) is 7.30. The van der Waals surface area contributed by atoms with Gasteiger partial charge in [0.15, 0.2) is 0 Å². The molecule has 6 nitrogen and oxygen atoms in total. The molecular weight excluding hydrogens is 366 g/mol. The Morgan fingerprint density at radius 3 is 2.56 bits per heavy atom. The van der Waals surface area contributed by atoms with Crippen LogP contribution in [-0.4, -0.2) is 31.2 Å². The topological polar surface area (TPSA) is 72.5 Å². The zero-order chi connectivity index (χ0) is 19.2. The van der Waals surface area contributed by atoms with Crippen LogP contribution in [0.3, 0.4) is 0 Å². The fourth-order valence-electron chi connectivity index (χ4n) is 3.25. The fraction of sp³-hybridized carbons (Fsp3) is 0.400. The highest BCUT2D eigenvalue weighted by atomic mass is 35.5. The molecule has 0 spiro atoms. The molecule has 1 heterocycles. The lowest BCUT2D eigenvalue weighted by molar-refractivity contribution is 0.0927. The second-order valence-corrected chi connectivity index (χ2v) is 6.96. The van der Waals surface area contributed by atoms with Crippen LogP contribution in [0.4, 0.5) is 11.5 Å². The van der Waals surface area contributed by atoms with Crippen molar-refractivity contribution in [3.05, 3.63) is 41.0 Å². The lowest BCUT2D eigenvalue weighted by Crippen LogP contribution is -2.36. The average Bonchev–Trinajstić information content (AvgIpc) is 2.70. The molecule has 1 fully saturated rings. The molecule has 2 aromatic rings. The molecule has 1 aromatic heterocycles. The number of ether oxygens (including phenoxy) is 2. The number of anilines is 2. The number of hydrogen-bond donors (Lipinski definition) is 2. The number of halogens is 1. The van der Waals surface area contributed by atoms with E-state index in [-0.39, 0.29) is 11.9 Å². The first-order valence-electron chi connectivity index (χ1n) is 9.06. The van der Waals surface area contributed by atoms with E-state index in [0.29, 0.717) is 33.6 Å². The Labute approximate surface area is 164 Å². The van der Waals surface area contributed by atoms with Crippen molar-refractivity contribution in [2.45, 2.75) is 38.1 Å². The van der Waals surface area contributed by atoms with Crippen LogP contribution in [0.15, 0.2) is 30.5 Å². The Kier molecular flexibility index (Phi) is 6.40.